The number of benzene rings is 2. The van der Waals surface area contributed by atoms with E-state index in [9.17, 15) is 4.21 Å². The van der Waals surface area contributed by atoms with E-state index in [4.69, 9.17) is 0 Å². The van der Waals surface area contributed by atoms with Gasteiger partial charge in [-0.3, -0.25) is 4.21 Å². The smallest absolute Gasteiger partial charge is 0.289 e. The molecule has 0 radical (unpaired) electrons. The summed E-state index contributed by atoms with van der Waals surface area (Å²) in [5.41, 5.74) is 2.48. The van der Waals surface area contributed by atoms with Gasteiger partial charge in [0, 0.05) is 4.90 Å². The summed E-state index contributed by atoms with van der Waals surface area (Å²) in [6.07, 6.45) is 1.78. The molecular formula is C16H17CuOS. The van der Waals surface area contributed by atoms with Crippen LogP contribution < -0.4 is 0 Å². The van der Waals surface area contributed by atoms with Gasteiger partial charge in [-0.05, 0) is 19.1 Å². The summed E-state index contributed by atoms with van der Waals surface area (Å²) in [5, 5.41) is 0. The van der Waals surface area contributed by atoms with Gasteiger partial charge in [-0.2, -0.15) is 6.42 Å². The average Bonchev–Trinajstić information content (AvgIpc) is 2.40. The van der Waals surface area contributed by atoms with E-state index in [2.05, 4.69) is 12.1 Å². The fraction of sp³-hybridized carbons (Fsp3) is 0.188. The van der Waals surface area contributed by atoms with E-state index in [1.165, 1.54) is 11.1 Å². The second-order valence-electron chi connectivity index (χ2n) is 4.30. The van der Waals surface area contributed by atoms with Crippen LogP contribution in [0.25, 0.3) is 0 Å². The van der Waals surface area contributed by atoms with E-state index >= 15 is 0 Å². The summed E-state index contributed by atoms with van der Waals surface area (Å²) in [6.45, 7) is 2.03. The molecule has 1 atom stereocenters. The first-order valence-electron chi connectivity index (χ1n) is 6.10. The zero-order chi connectivity index (χ0) is 12.8. The average molecular weight is 321 g/mol. The maximum absolute atomic E-state index is 12.0. The van der Waals surface area contributed by atoms with Gasteiger partial charge in [-0.1, -0.05) is 60.0 Å². The molecule has 104 valence electrons. The van der Waals surface area contributed by atoms with Crippen molar-refractivity contribution >= 4 is 10.8 Å². The minimum Gasteiger partial charge on any atom is -0.289 e. The third-order valence-electron chi connectivity index (χ3n) is 2.80. The molecule has 0 saturated carbocycles. The molecule has 1 unspecified atom stereocenters. The summed E-state index contributed by atoms with van der Waals surface area (Å²) >= 11 is 0. The molecule has 2 aromatic rings. The molecule has 0 aromatic heterocycles. The van der Waals surface area contributed by atoms with Crippen LogP contribution in [-0.4, -0.2) is 4.21 Å². The molecule has 0 aliphatic heterocycles. The number of hydrogen-bond donors (Lipinski definition) is 0. The monoisotopic (exact) mass is 320 g/mol. The Morgan fingerprint density at radius 2 is 1.63 bits per heavy atom. The minimum atomic E-state index is -0.990. The first kappa shape index (κ1) is 16.2. The van der Waals surface area contributed by atoms with Gasteiger partial charge < -0.3 is 0 Å². The molecule has 3 heteroatoms. The maximum atomic E-state index is 12.0. The van der Waals surface area contributed by atoms with Gasteiger partial charge in [-0.25, -0.2) is 5.75 Å². The Bertz CT molecular complexity index is 508. The Morgan fingerprint density at radius 1 is 1.00 bits per heavy atom. The quantitative estimate of drug-likeness (QED) is 0.603. The summed E-state index contributed by atoms with van der Waals surface area (Å²) in [6, 6.07) is 18.1. The van der Waals surface area contributed by atoms with Gasteiger partial charge >= 0.3 is 17.1 Å². The molecule has 0 amide bonds. The van der Waals surface area contributed by atoms with Crippen molar-refractivity contribution in [2.24, 2.45) is 0 Å². The Labute approximate surface area is 128 Å². The molecule has 0 saturated heterocycles. The van der Waals surface area contributed by atoms with Crippen molar-refractivity contribution in [3.63, 3.8) is 0 Å². The van der Waals surface area contributed by atoms with Crippen molar-refractivity contribution in [1.82, 2.24) is 0 Å². The predicted octanol–water partition coefficient (Wildman–Crippen LogP) is 3.89. The van der Waals surface area contributed by atoms with Gasteiger partial charge in [0.15, 0.2) is 0 Å². The van der Waals surface area contributed by atoms with Gasteiger partial charge in [0.2, 0.25) is 0 Å². The number of aryl methyl sites for hydroxylation is 2. The van der Waals surface area contributed by atoms with Gasteiger partial charge in [-0.15, -0.1) is 10.8 Å². The van der Waals surface area contributed by atoms with Gasteiger partial charge in [0.1, 0.15) is 0 Å². The second kappa shape index (κ2) is 8.31. The van der Waals surface area contributed by atoms with E-state index in [-0.39, 0.29) is 17.1 Å². The maximum Gasteiger partial charge on any atom is 1.00 e. The summed E-state index contributed by atoms with van der Waals surface area (Å²) in [7, 11) is -0.990. The Hall–Kier alpha value is -0.891. The van der Waals surface area contributed by atoms with Crippen molar-refractivity contribution in [2.75, 3.05) is 0 Å². The molecule has 0 spiro atoms. The molecular weight excluding hydrogens is 304 g/mol. The molecule has 0 aliphatic carbocycles. The van der Waals surface area contributed by atoms with Crippen LogP contribution in [-0.2, 0) is 34.3 Å². The molecule has 0 aliphatic rings. The topological polar surface area (TPSA) is 17.1 Å². The Kier molecular flexibility index (Phi) is 7.07. The largest absolute Gasteiger partial charge is 1.00 e. The molecule has 1 nitrogen and oxygen atoms in total. The number of hydrogen-bond acceptors (Lipinski definition) is 1. The molecule has 2 aromatic carbocycles. The van der Waals surface area contributed by atoms with Crippen molar-refractivity contribution in [1.29, 1.82) is 0 Å². The fourth-order valence-electron chi connectivity index (χ4n) is 1.75. The first-order valence-corrected chi connectivity index (χ1v) is 7.31. The van der Waals surface area contributed by atoms with E-state index in [1.807, 2.05) is 55.1 Å². The zero-order valence-corrected chi connectivity index (χ0v) is 12.6. The van der Waals surface area contributed by atoms with Crippen LogP contribution in [0.3, 0.4) is 0 Å². The molecule has 2 rings (SSSR count). The van der Waals surface area contributed by atoms with Crippen molar-refractivity contribution in [3.05, 3.63) is 71.5 Å². The van der Waals surface area contributed by atoms with E-state index in [0.29, 0.717) is 0 Å². The van der Waals surface area contributed by atoms with Crippen LogP contribution in [0.4, 0.5) is 0 Å². The Balaban J connectivity index is 0.00000180. The molecule has 0 bridgehead atoms. The van der Waals surface area contributed by atoms with Crippen LogP contribution in [0.2, 0.25) is 0 Å². The van der Waals surface area contributed by atoms with Crippen molar-refractivity contribution < 1.29 is 21.3 Å². The fourth-order valence-corrected chi connectivity index (χ4v) is 2.67. The number of rotatable bonds is 5. The summed E-state index contributed by atoms with van der Waals surface area (Å²) < 4.78 is 12.0. The van der Waals surface area contributed by atoms with Crippen LogP contribution in [0.5, 0.6) is 0 Å². The predicted molar refractivity (Wildman–Crippen MR) is 76.7 cm³/mol. The molecule has 19 heavy (non-hydrogen) atoms. The normalized spacial score (nSPS) is 11.6. The minimum absolute atomic E-state index is 0. The van der Waals surface area contributed by atoms with Crippen LogP contribution in [0.15, 0.2) is 59.5 Å². The van der Waals surface area contributed by atoms with E-state index in [0.717, 1.165) is 17.7 Å². The third kappa shape index (κ3) is 5.31. The summed E-state index contributed by atoms with van der Waals surface area (Å²) in [4.78, 5) is 0.883. The van der Waals surface area contributed by atoms with Gasteiger partial charge in [0.05, 0.1) is 0 Å². The zero-order valence-electron chi connectivity index (χ0n) is 10.8. The SMILES string of the molecule is Cc1ccc(S(=O)[CH-]CCc2ccccc2)cc1.[Cu+]. The van der Waals surface area contributed by atoms with Crippen LogP contribution in [0, 0.1) is 12.7 Å². The van der Waals surface area contributed by atoms with E-state index in [1.54, 1.807) is 0 Å². The third-order valence-corrected chi connectivity index (χ3v) is 4.07. The van der Waals surface area contributed by atoms with Crippen molar-refractivity contribution in [2.45, 2.75) is 24.7 Å². The molecule has 0 N–H and O–H groups in total. The molecule has 0 fully saturated rings. The standard InChI is InChI=1S/C16H17OS.Cu/c1-14-9-11-16(12-10-14)18(17)13-5-8-15-6-3-2-4-7-15;/h2-4,6-7,9-13H,5,8H2,1H3;/q-1;+1. The van der Waals surface area contributed by atoms with Crippen LogP contribution >= 0.6 is 0 Å². The Morgan fingerprint density at radius 3 is 2.26 bits per heavy atom. The first-order chi connectivity index (χ1) is 8.75. The van der Waals surface area contributed by atoms with E-state index < -0.39 is 10.8 Å². The van der Waals surface area contributed by atoms with Crippen molar-refractivity contribution in [3.8, 4) is 0 Å². The van der Waals surface area contributed by atoms with Crippen LogP contribution in [0.1, 0.15) is 17.5 Å². The molecule has 0 heterocycles. The summed E-state index contributed by atoms with van der Waals surface area (Å²) in [5.74, 6) is 1.89. The second-order valence-corrected chi connectivity index (χ2v) is 5.70. The van der Waals surface area contributed by atoms with Gasteiger partial charge in [0.25, 0.3) is 0 Å².